The van der Waals surface area contributed by atoms with Gasteiger partial charge < -0.3 is 14.2 Å². The molecule has 0 aliphatic carbocycles. The molecule has 6 nitrogen and oxygen atoms in total. The van der Waals surface area contributed by atoms with Crippen LogP contribution in [-0.4, -0.2) is 71.8 Å². The highest BCUT2D eigenvalue weighted by molar-refractivity contribution is 6.29. The van der Waals surface area contributed by atoms with Crippen LogP contribution >= 0.6 is 11.6 Å². The van der Waals surface area contributed by atoms with Crippen LogP contribution in [0.15, 0.2) is 71.1 Å². The second kappa shape index (κ2) is 8.81. The highest BCUT2D eigenvalue weighted by atomic mass is 35.5. The molecule has 5 rings (SSSR count). The van der Waals surface area contributed by atoms with Gasteiger partial charge >= 0.3 is 0 Å². The normalized spacial score (nSPS) is 17.3. The van der Waals surface area contributed by atoms with Crippen molar-refractivity contribution in [1.82, 2.24) is 14.7 Å². The van der Waals surface area contributed by atoms with Gasteiger partial charge in [-0.05, 0) is 47.0 Å². The number of nitrogens with zero attached hydrogens (tertiary/aromatic N) is 3. The number of hydrogen-bond donors (Lipinski definition) is 0. The smallest absolute Gasteiger partial charge is 0.289 e. The number of hydrogen-bond acceptors (Lipinski definition) is 4. The lowest BCUT2D eigenvalue weighted by Crippen LogP contribution is -2.64. The molecule has 3 heterocycles. The first-order valence-corrected chi connectivity index (χ1v) is 11.2. The minimum atomic E-state index is -0.124. The van der Waals surface area contributed by atoms with Gasteiger partial charge in [-0.15, -0.1) is 0 Å². The Bertz CT molecular complexity index is 1100. The number of carbonyl (C=O) groups is 2. The van der Waals surface area contributed by atoms with E-state index in [4.69, 9.17) is 16.0 Å². The standard InChI is InChI=1S/C25H24ClN3O3/c26-23-11-10-22(32-23)25(31)28-14-12-27(13-15-28)21-16-29(17-21)24(30)20-8-6-19(7-9-20)18-4-2-1-3-5-18/h1-11,21H,12-17H2. The number of furan rings is 1. The van der Waals surface area contributed by atoms with Crippen LogP contribution in [0.5, 0.6) is 0 Å². The number of piperazine rings is 1. The van der Waals surface area contributed by atoms with Gasteiger partial charge in [0.05, 0.1) is 0 Å². The summed E-state index contributed by atoms with van der Waals surface area (Å²) in [6, 6.07) is 21.5. The molecule has 1 aromatic heterocycles. The van der Waals surface area contributed by atoms with Gasteiger partial charge in [-0.2, -0.15) is 0 Å². The Morgan fingerprint density at radius 2 is 1.41 bits per heavy atom. The van der Waals surface area contributed by atoms with Crippen molar-refractivity contribution in [2.24, 2.45) is 0 Å². The van der Waals surface area contributed by atoms with Crippen LogP contribution in [0.2, 0.25) is 5.22 Å². The molecule has 164 valence electrons. The highest BCUT2D eigenvalue weighted by Crippen LogP contribution is 2.23. The van der Waals surface area contributed by atoms with Gasteiger partial charge in [0.25, 0.3) is 11.8 Å². The monoisotopic (exact) mass is 449 g/mol. The van der Waals surface area contributed by atoms with Crippen molar-refractivity contribution in [2.75, 3.05) is 39.3 Å². The van der Waals surface area contributed by atoms with Crippen LogP contribution in [-0.2, 0) is 0 Å². The zero-order valence-corrected chi connectivity index (χ0v) is 18.4. The average Bonchev–Trinajstić information content (AvgIpc) is 3.25. The first-order valence-electron chi connectivity index (χ1n) is 10.8. The van der Waals surface area contributed by atoms with Crippen LogP contribution in [0.1, 0.15) is 20.9 Å². The minimum absolute atomic E-state index is 0.0735. The predicted octanol–water partition coefficient (Wildman–Crippen LogP) is 3.88. The molecule has 2 saturated heterocycles. The van der Waals surface area contributed by atoms with E-state index in [9.17, 15) is 9.59 Å². The third kappa shape index (κ3) is 4.16. The molecule has 2 amide bonds. The van der Waals surface area contributed by atoms with Gasteiger partial charge in [0.15, 0.2) is 11.0 Å². The zero-order chi connectivity index (χ0) is 22.1. The maximum atomic E-state index is 12.8. The molecule has 0 saturated carbocycles. The second-order valence-electron chi connectivity index (χ2n) is 8.24. The van der Waals surface area contributed by atoms with Gasteiger partial charge in [-0.25, -0.2) is 0 Å². The Balaban J connectivity index is 1.11. The van der Waals surface area contributed by atoms with E-state index in [1.165, 1.54) is 0 Å². The van der Waals surface area contributed by atoms with E-state index < -0.39 is 0 Å². The first-order chi connectivity index (χ1) is 15.6. The lowest BCUT2D eigenvalue weighted by molar-refractivity contribution is 0.00795. The Kier molecular flexibility index (Phi) is 5.72. The molecule has 0 radical (unpaired) electrons. The van der Waals surface area contributed by atoms with Crippen molar-refractivity contribution in [2.45, 2.75) is 6.04 Å². The SMILES string of the molecule is O=C(c1ccc(-c2ccccc2)cc1)N1CC(N2CCN(C(=O)c3ccc(Cl)o3)CC2)C1. The topological polar surface area (TPSA) is 57.0 Å². The average molecular weight is 450 g/mol. The number of halogens is 1. The number of amides is 2. The van der Waals surface area contributed by atoms with Crippen LogP contribution in [0.4, 0.5) is 0 Å². The molecule has 7 heteroatoms. The summed E-state index contributed by atoms with van der Waals surface area (Å²) in [6.07, 6.45) is 0. The van der Waals surface area contributed by atoms with E-state index in [-0.39, 0.29) is 22.8 Å². The summed E-state index contributed by atoms with van der Waals surface area (Å²) >= 11 is 5.78. The fourth-order valence-electron chi connectivity index (χ4n) is 4.35. The van der Waals surface area contributed by atoms with Gasteiger partial charge in [-0.1, -0.05) is 42.5 Å². The molecular weight excluding hydrogens is 426 g/mol. The van der Waals surface area contributed by atoms with Crippen molar-refractivity contribution < 1.29 is 14.0 Å². The van der Waals surface area contributed by atoms with E-state index in [2.05, 4.69) is 17.0 Å². The van der Waals surface area contributed by atoms with Gasteiger partial charge in [-0.3, -0.25) is 14.5 Å². The molecule has 2 aliphatic rings. The molecule has 2 fully saturated rings. The second-order valence-corrected chi connectivity index (χ2v) is 8.61. The van der Waals surface area contributed by atoms with Crippen molar-refractivity contribution in [3.05, 3.63) is 83.3 Å². The number of rotatable bonds is 4. The maximum Gasteiger partial charge on any atom is 0.289 e. The summed E-state index contributed by atoms with van der Waals surface area (Å²) in [5, 5.41) is 0.223. The highest BCUT2D eigenvalue weighted by Gasteiger charge is 2.37. The molecule has 32 heavy (non-hydrogen) atoms. The van der Waals surface area contributed by atoms with Crippen molar-refractivity contribution in [1.29, 1.82) is 0 Å². The quantitative estimate of drug-likeness (QED) is 0.606. The lowest BCUT2D eigenvalue weighted by atomic mass is 10.0. The molecule has 0 spiro atoms. The van der Waals surface area contributed by atoms with Crippen molar-refractivity contribution in [3.8, 4) is 11.1 Å². The van der Waals surface area contributed by atoms with Crippen molar-refractivity contribution in [3.63, 3.8) is 0 Å². The van der Waals surface area contributed by atoms with E-state index in [0.29, 0.717) is 19.1 Å². The van der Waals surface area contributed by atoms with Crippen molar-refractivity contribution >= 4 is 23.4 Å². The fourth-order valence-corrected chi connectivity index (χ4v) is 4.49. The Hall–Kier alpha value is -3.09. The fraction of sp³-hybridized carbons (Fsp3) is 0.280. The third-order valence-corrected chi connectivity index (χ3v) is 6.49. The van der Waals surface area contributed by atoms with Gasteiger partial charge in [0.1, 0.15) is 0 Å². The van der Waals surface area contributed by atoms with Gasteiger partial charge in [0.2, 0.25) is 0 Å². The molecular formula is C25H24ClN3O3. The molecule has 2 aliphatic heterocycles. The predicted molar refractivity (Wildman–Crippen MR) is 123 cm³/mol. The Labute approximate surface area is 192 Å². The number of benzene rings is 2. The molecule has 0 bridgehead atoms. The summed E-state index contributed by atoms with van der Waals surface area (Å²) in [7, 11) is 0. The summed E-state index contributed by atoms with van der Waals surface area (Å²) < 4.78 is 5.24. The molecule has 0 atom stereocenters. The van der Waals surface area contributed by atoms with E-state index >= 15 is 0 Å². The molecule has 2 aromatic carbocycles. The van der Waals surface area contributed by atoms with E-state index in [0.717, 1.165) is 42.9 Å². The van der Waals surface area contributed by atoms with Gasteiger partial charge in [0, 0.05) is 50.9 Å². The van der Waals surface area contributed by atoms with Crippen LogP contribution in [0.3, 0.4) is 0 Å². The van der Waals surface area contributed by atoms with E-state index in [1.807, 2.05) is 47.4 Å². The minimum Gasteiger partial charge on any atom is -0.440 e. The largest absolute Gasteiger partial charge is 0.440 e. The maximum absolute atomic E-state index is 12.8. The molecule has 0 unspecified atom stereocenters. The van der Waals surface area contributed by atoms with Crippen LogP contribution in [0.25, 0.3) is 11.1 Å². The summed E-state index contributed by atoms with van der Waals surface area (Å²) in [6.45, 7) is 4.31. The zero-order valence-electron chi connectivity index (χ0n) is 17.6. The number of likely N-dealkylation sites (tertiary alicyclic amines) is 1. The molecule has 3 aromatic rings. The summed E-state index contributed by atoms with van der Waals surface area (Å²) in [4.78, 5) is 31.4. The first kappa shape index (κ1) is 20.8. The lowest BCUT2D eigenvalue weighted by Gasteiger charge is -2.48. The Morgan fingerprint density at radius 1 is 0.750 bits per heavy atom. The van der Waals surface area contributed by atoms with Crippen LogP contribution in [0, 0.1) is 0 Å². The van der Waals surface area contributed by atoms with Crippen LogP contribution < -0.4 is 0 Å². The third-order valence-electron chi connectivity index (χ3n) is 6.29. The summed E-state index contributed by atoms with van der Waals surface area (Å²) in [5.74, 6) is 0.229. The number of carbonyl (C=O) groups excluding carboxylic acids is 2. The Morgan fingerprint density at radius 3 is 2.03 bits per heavy atom. The summed E-state index contributed by atoms with van der Waals surface area (Å²) in [5.41, 5.74) is 2.96. The van der Waals surface area contributed by atoms with E-state index in [1.54, 1.807) is 17.0 Å². The molecule has 0 N–H and O–H groups in total.